The Balaban J connectivity index is 2.82. The van der Waals surface area contributed by atoms with Gasteiger partial charge in [-0.1, -0.05) is 99.5 Å². The standard InChI is InChI=1S/C22H34OSi3/c1-8-15-20(2)23-26(21-16-11-9-12-17-21,22-18-13-10-14-19-22)25(6,7)24(3,4)5/h8-14,16-20H,1,15H2,2-7H3. The SMILES string of the molecule is C=CCC(C)O[Si](c1ccccc1)(c1ccccc1)[Si](C)(C)[Si](C)(C)C. The van der Waals surface area contributed by atoms with Crippen LogP contribution in [0.2, 0.25) is 32.7 Å². The molecule has 1 nitrogen and oxygen atoms in total. The summed E-state index contributed by atoms with van der Waals surface area (Å²) in [4.78, 5) is 0. The van der Waals surface area contributed by atoms with E-state index in [-0.39, 0.29) is 6.10 Å². The Labute approximate surface area is 162 Å². The topological polar surface area (TPSA) is 9.23 Å². The molecular weight excluding hydrogens is 364 g/mol. The second-order valence-corrected chi connectivity index (χ2v) is 34.9. The van der Waals surface area contributed by atoms with Crippen LogP contribution in [-0.2, 0) is 4.43 Å². The summed E-state index contributed by atoms with van der Waals surface area (Å²) in [7, 11) is -5.52. The Bertz CT molecular complexity index is 666. The van der Waals surface area contributed by atoms with Crippen molar-refractivity contribution in [2.75, 3.05) is 0 Å². The maximum atomic E-state index is 7.21. The molecule has 0 fully saturated rings. The van der Waals surface area contributed by atoms with E-state index >= 15 is 0 Å². The van der Waals surface area contributed by atoms with Crippen molar-refractivity contribution in [3.8, 4) is 0 Å². The minimum Gasteiger partial charge on any atom is -0.408 e. The van der Waals surface area contributed by atoms with Crippen molar-refractivity contribution in [3.05, 3.63) is 73.3 Å². The van der Waals surface area contributed by atoms with Crippen LogP contribution in [0, 0.1) is 0 Å². The van der Waals surface area contributed by atoms with Crippen molar-refractivity contribution in [3.63, 3.8) is 0 Å². The van der Waals surface area contributed by atoms with Gasteiger partial charge in [-0.05, 0) is 23.7 Å². The quantitative estimate of drug-likeness (QED) is 0.452. The summed E-state index contributed by atoms with van der Waals surface area (Å²) in [6.45, 7) is 18.9. The third kappa shape index (κ3) is 3.88. The third-order valence-electron chi connectivity index (χ3n) is 5.99. The molecule has 26 heavy (non-hydrogen) atoms. The minimum atomic E-state index is -2.36. The summed E-state index contributed by atoms with van der Waals surface area (Å²) in [5, 5.41) is 2.86. The van der Waals surface area contributed by atoms with Gasteiger partial charge in [0, 0.05) is 13.7 Å². The van der Waals surface area contributed by atoms with Crippen molar-refractivity contribution in [2.45, 2.75) is 52.2 Å². The second-order valence-electron chi connectivity index (χ2n) is 8.74. The lowest BCUT2D eigenvalue weighted by Crippen LogP contribution is -2.83. The third-order valence-corrected chi connectivity index (χ3v) is 43.1. The first-order valence-electron chi connectivity index (χ1n) is 9.56. The molecule has 0 spiro atoms. The highest BCUT2D eigenvalue weighted by Gasteiger charge is 2.60. The molecule has 2 rings (SSSR count). The van der Waals surface area contributed by atoms with Gasteiger partial charge in [-0.15, -0.1) is 6.58 Å². The predicted molar refractivity (Wildman–Crippen MR) is 124 cm³/mol. The molecule has 0 N–H and O–H groups in total. The smallest absolute Gasteiger partial charge is 0.238 e. The Morgan fingerprint density at radius 3 is 1.62 bits per heavy atom. The van der Waals surface area contributed by atoms with Gasteiger partial charge in [0.25, 0.3) is 0 Å². The van der Waals surface area contributed by atoms with Crippen LogP contribution < -0.4 is 10.4 Å². The Morgan fingerprint density at radius 2 is 1.27 bits per heavy atom. The molecule has 0 radical (unpaired) electrons. The van der Waals surface area contributed by atoms with Crippen molar-refractivity contribution >= 4 is 32.9 Å². The molecule has 2 aromatic rings. The fourth-order valence-corrected chi connectivity index (χ4v) is 31.7. The van der Waals surface area contributed by atoms with Gasteiger partial charge in [0.2, 0.25) is 7.83 Å². The summed E-state index contributed by atoms with van der Waals surface area (Å²) in [5.41, 5.74) is 0. The van der Waals surface area contributed by atoms with Gasteiger partial charge < -0.3 is 4.43 Å². The van der Waals surface area contributed by atoms with Gasteiger partial charge in [0.15, 0.2) is 0 Å². The van der Waals surface area contributed by atoms with Crippen LogP contribution in [0.15, 0.2) is 73.3 Å². The molecule has 0 aliphatic rings. The van der Waals surface area contributed by atoms with Crippen molar-refractivity contribution in [1.29, 1.82) is 0 Å². The summed E-state index contributed by atoms with van der Waals surface area (Å²) in [5.74, 6) is 0. The van der Waals surface area contributed by atoms with Crippen LogP contribution in [0.5, 0.6) is 0 Å². The molecule has 0 aliphatic heterocycles. The molecule has 0 heterocycles. The van der Waals surface area contributed by atoms with Gasteiger partial charge in [-0.3, -0.25) is 0 Å². The van der Waals surface area contributed by atoms with E-state index in [4.69, 9.17) is 4.43 Å². The van der Waals surface area contributed by atoms with Gasteiger partial charge in [-0.2, -0.15) is 0 Å². The largest absolute Gasteiger partial charge is 0.408 e. The monoisotopic (exact) mass is 398 g/mol. The highest BCUT2D eigenvalue weighted by Crippen LogP contribution is 2.31. The van der Waals surface area contributed by atoms with Crippen LogP contribution in [0.25, 0.3) is 0 Å². The van der Waals surface area contributed by atoms with E-state index in [1.165, 1.54) is 10.4 Å². The van der Waals surface area contributed by atoms with E-state index in [1.54, 1.807) is 0 Å². The molecule has 0 saturated heterocycles. The lowest BCUT2D eigenvalue weighted by Gasteiger charge is -2.51. The average molecular weight is 399 g/mol. The molecule has 0 aliphatic carbocycles. The van der Waals surface area contributed by atoms with E-state index in [1.807, 2.05) is 6.08 Å². The zero-order valence-corrected chi connectivity index (χ0v) is 20.3. The maximum absolute atomic E-state index is 7.21. The minimum absolute atomic E-state index is 0.183. The fraction of sp³-hybridized carbons (Fsp3) is 0.364. The Hall–Kier alpha value is -1.21. The van der Waals surface area contributed by atoms with E-state index in [0.29, 0.717) is 0 Å². The zero-order chi connectivity index (χ0) is 19.4. The van der Waals surface area contributed by atoms with Crippen LogP contribution in [0.1, 0.15) is 13.3 Å². The summed E-state index contributed by atoms with van der Waals surface area (Å²) < 4.78 is 7.21. The molecule has 2 aromatic carbocycles. The molecular formula is C22H34OSi3. The van der Waals surface area contributed by atoms with Gasteiger partial charge in [0.05, 0.1) is 7.11 Å². The van der Waals surface area contributed by atoms with Crippen molar-refractivity contribution in [1.82, 2.24) is 0 Å². The van der Waals surface area contributed by atoms with E-state index in [0.717, 1.165) is 6.42 Å². The highest BCUT2D eigenvalue weighted by atomic mass is 29.6. The Morgan fingerprint density at radius 1 is 0.846 bits per heavy atom. The molecule has 0 saturated carbocycles. The van der Waals surface area contributed by atoms with Gasteiger partial charge in [-0.25, -0.2) is 0 Å². The van der Waals surface area contributed by atoms with Crippen LogP contribution in [0.3, 0.4) is 0 Å². The summed E-state index contributed by atoms with van der Waals surface area (Å²) >= 11 is 0. The van der Waals surface area contributed by atoms with E-state index in [2.05, 4.69) is 107 Å². The molecule has 4 heteroatoms. The average Bonchev–Trinajstić information content (AvgIpc) is 2.60. The normalized spacial score (nSPS) is 14.1. The first-order valence-corrected chi connectivity index (χ1v) is 20.0. The lowest BCUT2D eigenvalue weighted by molar-refractivity contribution is 0.229. The van der Waals surface area contributed by atoms with Gasteiger partial charge in [0.1, 0.15) is 0 Å². The van der Waals surface area contributed by atoms with Gasteiger partial charge >= 0.3 is 0 Å². The lowest BCUT2D eigenvalue weighted by atomic mass is 10.3. The number of benzene rings is 2. The highest BCUT2D eigenvalue weighted by molar-refractivity contribution is 7.72. The Kier molecular flexibility index (Phi) is 6.66. The van der Waals surface area contributed by atoms with Crippen molar-refractivity contribution < 1.29 is 4.43 Å². The number of hydrogen-bond donors (Lipinski definition) is 0. The van der Waals surface area contributed by atoms with E-state index in [9.17, 15) is 0 Å². The first-order chi connectivity index (χ1) is 12.2. The predicted octanol–water partition coefficient (Wildman–Crippen LogP) is 4.93. The number of hydrogen-bond acceptors (Lipinski definition) is 1. The summed E-state index contributed by atoms with van der Waals surface area (Å²) in [6.07, 6.45) is 3.07. The van der Waals surface area contributed by atoms with E-state index < -0.39 is 22.5 Å². The molecule has 0 amide bonds. The molecule has 140 valence electrons. The van der Waals surface area contributed by atoms with Crippen molar-refractivity contribution in [2.24, 2.45) is 0 Å². The molecule has 1 atom stereocenters. The molecule has 1 unspecified atom stereocenters. The summed E-state index contributed by atoms with van der Waals surface area (Å²) in [6, 6.07) is 22.2. The first kappa shape index (κ1) is 21.1. The zero-order valence-electron chi connectivity index (χ0n) is 17.3. The fourth-order valence-electron chi connectivity index (χ4n) is 3.63. The number of rotatable bonds is 8. The van der Waals surface area contributed by atoms with Crippen LogP contribution in [-0.4, -0.2) is 28.6 Å². The molecule has 0 bridgehead atoms. The maximum Gasteiger partial charge on any atom is 0.238 e. The van der Waals surface area contributed by atoms with Crippen LogP contribution in [0.4, 0.5) is 0 Å². The van der Waals surface area contributed by atoms with Crippen LogP contribution >= 0.6 is 0 Å². The second kappa shape index (κ2) is 8.21. The molecule has 0 aromatic heterocycles.